The SMILES string of the molecule is CC(N)c1[nH]ncc1-c1ccc(Cl)cc1. The molecular weight excluding hydrogens is 210 g/mol. The van der Waals surface area contributed by atoms with Gasteiger partial charge in [0.25, 0.3) is 0 Å². The zero-order valence-corrected chi connectivity index (χ0v) is 9.12. The van der Waals surface area contributed by atoms with Crippen LogP contribution in [0.5, 0.6) is 0 Å². The van der Waals surface area contributed by atoms with Gasteiger partial charge in [-0.1, -0.05) is 23.7 Å². The standard InChI is InChI=1S/C11H12ClN3/c1-7(13)11-10(6-14-15-11)8-2-4-9(12)5-3-8/h2-7H,13H2,1H3,(H,14,15). The van der Waals surface area contributed by atoms with Crippen LogP contribution in [-0.4, -0.2) is 10.2 Å². The summed E-state index contributed by atoms with van der Waals surface area (Å²) in [5, 5.41) is 7.64. The molecule has 2 aromatic rings. The van der Waals surface area contributed by atoms with Crippen LogP contribution in [0.25, 0.3) is 11.1 Å². The predicted molar refractivity (Wildman–Crippen MR) is 61.6 cm³/mol. The summed E-state index contributed by atoms with van der Waals surface area (Å²) in [5.41, 5.74) is 8.87. The normalized spacial score (nSPS) is 12.7. The minimum absolute atomic E-state index is 0.0572. The third kappa shape index (κ3) is 2.03. The van der Waals surface area contributed by atoms with E-state index >= 15 is 0 Å². The van der Waals surface area contributed by atoms with Crippen LogP contribution < -0.4 is 5.73 Å². The Bertz CT molecular complexity index is 445. The molecule has 0 fully saturated rings. The fourth-order valence-corrected chi connectivity index (χ4v) is 1.63. The first-order valence-electron chi connectivity index (χ1n) is 4.73. The topological polar surface area (TPSA) is 54.7 Å². The minimum Gasteiger partial charge on any atom is -0.323 e. The summed E-state index contributed by atoms with van der Waals surface area (Å²) in [7, 11) is 0. The first kappa shape index (κ1) is 10.2. The van der Waals surface area contributed by atoms with Gasteiger partial charge in [0.05, 0.1) is 11.9 Å². The van der Waals surface area contributed by atoms with Gasteiger partial charge in [-0.2, -0.15) is 5.10 Å². The van der Waals surface area contributed by atoms with E-state index in [-0.39, 0.29) is 6.04 Å². The maximum absolute atomic E-state index is 5.83. The Balaban J connectivity index is 2.45. The number of aromatic amines is 1. The maximum atomic E-state index is 5.83. The molecule has 0 saturated carbocycles. The molecule has 1 aromatic carbocycles. The number of nitrogens with two attached hydrogens (primary N) is 1. The lowest BCUT2D eigenvalue weighted by Gasteiger charge is -2.06. The van der Waals surface area contributed by atoms with Crippen molar-refractivity contribution in [3.63, 3.8) is 0 Å². The number of benzene rings is 1. The first-order chi connectivity index (χ1) is 7.18. The van der Waals surface area contributed by atoms with Gasteiger partial charge in [-0.3, -0.25) is 5.10 Å². The molecule has 15 heavy (non-hydrogen) atoms. The smallest absolute Gasteiger partial charge is 0.0594 e. The Morgan fingerprint density at radius 1 is 1.33 bits per heavy atom. The molecule has 1 atom stereocenters. The van der Waals surface area contributed by atoms with Crippen LogP contribution in [0.2, 0.25) is 5.02 Å². The van der Waals surface area contributed by atoms with Crippen molar-refractivity contribution < 1.29 is 0 Å². The number of rotatable bonds is 2. The summed E-state index contributed by atoms with van der Waals surface area (Å²) in [4.78, 5) is 0. The molecule has 2 rings (SSSR count). The van der Waals surface area contributed by atoms with Crippen LogP contribution in [0, 0.1) is 0 Å². The van der Waals surface area contributed by atoms with Gasteiger partial charge in [0.15, 0.2) is 0 Å². The van der Waals surface area contributed by atoms with E-state index in [1.807, 2.05) is 31.2 Å². The molecule has 0 amide bonds. The number of hydrogen-bond donors (Lipinski definition) is 2. The maximum Gasteiger partial charge on any atom is 0.0594 e. The van der Waals surface area contributed by atoms with E-state index in [2.05, 4.69) is 10.2 Å². The van der Waals surface area contributed by atoms with Gasteiger partial charge >= 0.3 is 0 Å². The van der Waals surface area contributed by atoms with Crippen molar-refractivity contribution in [1.29, 1.82) is 0 Å². The Morgan fingerprint density at radius 3 is 2.60 bits per heavy atom. The molecule has 1 unspecified atom stereocenters. The van der Waals surface area contributed by atoms with E-state index < -0.39 is 0 Å². The molecule has 0 bridgehead atoms. The van der Waals surface area contributed by atoms with E-state index in [0.717, 1.165) is 21.8 Å². The zero-order chi connectivity index (χ0) is 10.8. The highest BCUT2D eigenvalue weighted by Crippen LogP contribution is 2.26. The summed E-state index contributed by atoms with van der Waals surface area (Å²) in [6, 6.07) is 7.57. The lowest BCUT2D eigenvalue weighted by atomic mass is 10.0. The van der Waals surface area contributed by atoms with Crippen LogP contribution in [0.4, 0.5) is 0 Å². The highest BCUT2D eigenvalue weighted by molar-refractivity contribution is 6.30. The fourth-order valence-electron chi connectivity index (χ4n) is 1.50. The second-order valence-electron chi connectivity index (χ2n) is 3.49. The van der Waals surface area contributed by atoms with Crippen LogP contribution in [0.15, 0.2) is 30.5 Å². The van der Waals surface area contributed by atoms with E-state index in [1.165, 1.54) is 0 Å². The zero-order valence-electron chi connectivity index (χ0n) is 8.37. The second-order valence-corrected chi connectivity index (χ2v) is 3.93. The molecule has 1 heterocycles. The van der Waals surface area contributed by atoms with Gasteiger partial charge in [-0.15, -0.1) is 0 Å². The largest absolute Gasteiger partial charge is 0.323 e. The van der Waals surface area contributed by atoms with E-state index in [1.54, 1.807) is 6.20 Å². The molecule has 78 valence electrons. The molecule has 0 aliphatic carbocycles. The van der Waals surface area contributed by atoms with Gasteiger partial charge in [-0.25, -0.2) is 0 Å². The van der Waals surface area contributed by atoms with Gasteiger partial charge in [0.1, 0.15) is 0 Å². The van der Waals surface area contributed by atoms with E-state index in [4.69, 9.17) is 17.3 Å². The van der Waals surface area contributed by atoms with Crippen molar-refractivity contribution in [3.8, 4) is 11.1 Å². The van der Waals surface area contributed by atoms with Gasteiger partial charge in [0.2, 0.25) is 0 Å². The third-order valence-corrected chi connectivity index (χ3v) is 2.53. The van der Waals surface area contributed by atoms with Gasteiger partial charge in [-0.05, 0) is 24.6 Å². The highest BCUT2D eigenvalue weighted by Gasteiger charge is 2.10. The van der Waals surface area contributed by atoms with Crippen LogP contribution in [-0.2, 0) is 0 Å². The van der Waals surface area contributed by atoms with Gasteiger partial charge in [0, 0.05) is 16.6 Å². The number of halogens is 1. The van der Waals surface area contributed by atoms with Gasteiger partial charge < -0.3 is 5.73 Å². The molecule has 0 aliphatic rings. The summed E-state index contributed by atoms with van der Waals surface area (Å²) >= 11 is 5.83. The van der Waals surface area contributed by atoms with Crippen molar-refractivity contribution >= 4 is 11.6 Å². The molecule has 0 spiro atoms. The summed E-state index contributed by atoms with van der Waals surface area (Å²) in [5.74, 6) is 0. The van der Waals surface area contributed by atoms with Crippen LogP contribution >= 0.6 is 11.6 Å². The number of aromatic nitrogens is 2. The monoisotopic (exact) mass is 221 g/mol. The Kier molecular flexibility index (Phi) is 2.75. The Hall–Kier alpha value is -1.32. The summed E-state index contributed by atoms with van der Waals surface area (Å²) in [6.07, 6.45) is 1.78. The molecule has 3 nitrogen and oxygen atoms in total. The molecule has 0 saturated heterocycles. The molecule has 3 N–H and O–H groups in total. The van der Waals surface area contributed by atoms with Crippen LogP contribution in [0.3, 0.4) is 0 Å². The lowest BCUT2D eigenvalue weighted by Crippen LogP contribution is -2.06. The van der Waals surface area contributed by atoms with Crippen LogP contribution in [0.1, 0.15) is 18.7 Å². The average Bonchev–Trinajstić information content (AvgIpc) is 2.67. The summed E-state index contributed by atoms with van der Waals surface area (Å²) in [6.45, 7) is 1.92. The Labute approximate surface area is 93.3 Å². The van der Waals surface area contributed by atoms with E-state index in [9.17, 15) is 0 Å². The van der Waals surface area contributed by atoms with Crippen molar-refractivity contribution in [2.24, 2.45) is 5.73 Å². The highest BCUT2D eigenvalue weighted by atomic mass is 35.5. The van der Waals surface area contributed by atoms with Crippen molar-refractivity contribution in [2.45, 2.75) is 13.0 Å². The average molecular weight is 222 g/mol. The predicted octanol–water partition coefficient (Wildman–Crippen LogP) is 2.75. The quantitative estimate of drug-likeness (QED) is 0.820. The van der Waals surface area contributed by atoms with Crippen molar-refractivity contribution in [1.82, 2.24) is 10.2 Å². The van der Waals surface area contributed by atoms with Crippen molar-refractivity contribution in [2.75, 3.05) is 0 Å². The fraction of sp³-hybridized carbons (Fsp3) is 0.182. The molecular formula is C11H12ClN3. The summed E-state index contributed by atoms with van der Waals surface area (Å²) < 4.78 is 0. The molecule has 0 aliphatic heterocycles. The number of H-pyrrole nitrogens is 1. The first-order valence-corrected chi connectivity index (χ1v) is 5.11. The molecule has 0 radical (unpaired) electrons. The minimum atomic E-state index is -0.0572. The third-order valence-electron chi connectivity index (χ3n) is 2.28. The lowest BCUT2D eigenvalue weighted by molar-refractivity contribution is 0.774. The number of hydrogen-bond acceptors (Lipinski definition) is 2. The molecule has 4 heteroatoms. The van der Waals surface area contributed by atoms with Crippen molar-refractivity contribution in [3.05, 3.63) is 41.2 Å². The van der Waals surface area contributed by atoms with E-state index in [0.29, 0.717) is 0 Å². The Morgan fingerprint density at radius 2 is 2.00 bits per heavy atom. The number of nitrogens with zero attached hydrogens (tertiary/aromatic N) is 1. The second kappa shape index (κ2) is 4.04. The molecule has 1 aromatic heterocycles. The number of nitrogens with one attached hydrogen (secondary N) is 1.